The van der Waals surface area contributed by atoms with Gasteiger partial charge in [0.05, 0.1) is 11.1 Å². The number of fused-ring (bicyclic) bond motifs is 1. The average molecular weight is 509 g/mol. The molecule has 1 heterocycles. The van der Waals surface area contributed by atoms with Crippen molar-refractivity contribution >= 4 is 22.8 Å². The first-order chi connectivity index (χ1) is 17.7. The molecule has 0 aliphatic rings. The number of anilines is 1. The van der Waals surface area contributed by atoms with Crippen molar-refractivity contribution in [3.05, 3.63) is 120 Å². The number of benzene rings is 3. The van der Waals surface area contributed by atoms with Gasteiger partial charge in [-0.3, -0.25) is 4.98 Å². The third-order valence-corrected chi connectivity index (χ3v) is 4.69. The second kappa shape index (κ2) is 16.7. The van der Waals surface area contributed by atoms with E-state index >= 15 is 0 Å². The number of rotatable bonds is 4. The largest absolute Gasteiger partial charge is 0.416 e. The molecule has 0 bridgehead atoms. The number of hydrogen-bond acceptors (Lipinski definition) is 4. The van der Waals surface area contributed by atoms with Crippen LogP contribution in [0.15, 0.2) is 97.7 Å². The second-order valence-corrected chi connectivity index (χ2v) is 7.90. The molecular formula is C30H35F3N4. The third-order valence-electron chi connectivity index (χ3n) is 4.69. The van der Waals surface area contributed by atoms with Crippen LogP contribution in [-0.2, 0) is 19.3 Å². The molecule has 0 spiro atoms. The number of allylic oxidation sites excluding steroid dienone is 1. The quantitative estimate of drug-likeness (QED) is 0.193. The standard InChI is InChI=1S/C15H17N.C10H7F3N2.C3H6.C2H5N/c1-13-6-5-9-15(10-13)12-16-11-14-7-3-2-4-8-14;11-10(12,13)6-1-2-7-8(14)3-4-15-9(7)5-6;1-3-2;1-2-3/h2-10,16H,11-12H2,1H3;1-5H,(H2,14,15);3H,1H2,2H3;2-3H,1H3. The average Bonchev–Trinajstić information content (AvgIpc) is 2.86. The molecule has 37 heavy (non-hydrogen) atoms. The number of hydrogen-bond donors (Lipinski definition) is 3. The van der Waals surface area contributed by atoms with Crippen molar-refractivity contribution in [2.75, 3.05) is 5.73 Å². The molecule has 4 nitrogen and oxygen atoms in total. The van der Waals surface area contributed by atoms with Crippen LogP contribution in [0.1, 0.15) is 36.1 Å². The monoisotopic (exact) mass is 508 g/mol. The normalized spacial score (nSPS) is 10.0. The predicted molar refractivity (Wildman–Crippen MR) is 150 cm³/mol. The van der Waals surface area contributed by atoms with Gasteiger partial charge in [0.1, 0.15) is 0 Å². The Kier molecular flexibility index (Phi) is 14.0. The van der Waals surface area contributed by atoms with Gasteiger partial charge in [0.15, 0.2) is 0 Å². The first-order valence-electron chi connectivity index (χ1n) is 11.7. The summed E-state index contributed by atoms with van der Waals surface area (Å²) in [6, 6.07) is 24.0. The van der Waals surface area contributed by atoms with Gasteiger partial charge in [0, 0.05) is 30.4 Å². The van der Waals surface area contributed by atoms with Gasteiger partial charge in [-0.15, -0.1) is 6.58 Å². The van der Waals surface area contributed by atoms with E-state index in [0.29, 0.717) is 11.1 Å². The lowest BCUT2D eigenvalue weighted by molar-refractivity contribution is -0.137. The minimum absolute atomic E-state index is 0.254. The Hall–Kier alpha value is -3.97. The molecule has 0 saturated carbocycles. The van der Waals surface area contributed by atoms with Crippen LogP contribution in [0.5, 0.6) is 0 Å². The zero-order valence-corrected chi connectivity index (χ0v) is 21.5. The van der Waals surface area contributed by atoms with Crippen LogP contribution in [0, 0.1) is 12.3 Å². The molecule has 0 aliphatic carbocycles. The lowest BCUT2D eigenvalue weighted by atomic mass is 10.1. The maximum Gasteiger partial charge on any atom is 0.416 e. The van der Waals surface area contributed by atoms with E-state index < -0.39 is 11.7 Å². The molecule has 0 unspecified atom stereocenters. The number of nitrogen functional groups attached to an aromatic ring is 1. The van der Waals surface area contributed by atoms with Crippen LogP contribution in [0.4, 0.5) is 18.9 Å². The van der Waals surface area contributed by atoms with Crippen LogP contribution in [0.3, 0.4) is 0 Å². The number of nitrogens with one attached hydrogen (secondary N) is 2. The van der Waals surface area contributed by atoms with Crippen molar-refractivity contribution in [3.63, 3.8) is 0 Å². The highest BCUT2D eigenvalue weighted by atomic mass is 19.4. The topological polar surface area (TPSA) is 74.8 Å². The Morgan fingerprint density at radius 3 is 2.11 bits per heavy atom. The van der Waals surface area contributed by atoms with Crippen LogP contribution in [0.2, 0.25) is 0 Å². The Morgan fingerprint density at radius 2 is 1.51 bits per heavy atom. The van der Waals surface area contributed by atoms with Crippen LogP contribution in [-0.4, -0.2) is 11.2 Å². The van der Waals surface area contributed by atoms with Crippen molar-refractivity contribution in [3.8, 4) is 0 Å². The minimum atomic E-state index is -4.35. The fourth-order valence-corrected chi connectivity index (χ4v) is 3.12. The summed E-state index contributed by atoms with van der Waals surface area (Å²) in [6.45, 7) is 10.9. The van der Waals surface area contributed by atoms with Gasteiger partial charge in [-0.1, -0.05) is 72.3 Å². The molecule has 0 aliphatic heterocycles. The summed E-state index contributed by atoms with van der Waals surface area (Å²) < 4.78 is 37.1. The van der Waals surface area contributed by atoms with E-state index in [9.17, 15) is 13.2 Å². The SMILES string of the molecule is C=CC.CC=N.Cc1cccc(CNCc2ccccc2)c1.Nc1ccnc2cc(C(F)(F)F)ccc12. The zero-order chi connectivity index (χ0) is 27.7. The third kappa shape index (κ3) is 12.0. The summed E-state index contributed by atoms with van der Waals surface area (Å²) in [5.74, 6) is 0. The van der Waals surface area contributed by atoms with Crippen LogP contribution in [0.25, 0.3) is 10.9 Å². The number of halogens is 3. The fraction of sp³-hybridized carbons (Fsp3) is 0.200. The molecule has 7 heteroatoms. The molecule has 0 amide bonds. The molecule has 1 aromatic heterocycles. The number of aryl methyl sites for hydroxylation is 1. The van der Waals surface area contributed by atoms with E-state index in [2.05, 4.69) is 72.3 Å². The smallest absolute Gasteiger partial charge is 0.398 e. The summed E-state index contributed by atoms with van der Waals surface area (Å²) >= 11 is 0. The van der Waals surface area contributed by atoms with Gasteiger partial charge in [0.2, 0.25) is 0 Å². The van der Waals surface area contributed by atoms with Gasteiger partial charge in [0.25, 0.3) is 0 Å². The van der Waals surface area contributed by atoms with Crippen molar-refractivity contribution in [2.24, 2.45) is 0 Å². The van der Waals surface area contributed by atoms with Crippen LogP contribution < -0.4 is 11.1 Å². The zero-order valence-electron chi connectivity index (χ0n) is 21.5. The summed E-state index contributed by atoms with van der Waals surface area (Å²) in [7, 11) is 0. The fourth-order valence-electron chi connectivity index (χ4n) is 3.12. The van der Waals surface area contributed by atoms with E-state index in [1.54, 1.807) is 19.1 Å². The highest BCUT2D eigenvalue weighted by molar-refractivity contribution is 5.90. The molecule has 0 radical (unpaired) electrons. The maximum atomic E-state index is 12.4. The van der Waals surface area contributed by atoms with E-state index in [4.69, 9.17) is 11.1 Å². The Labute approximate surface area is 217 Å². The summed E-state index contributed by atoms with van der Waals surface area (Å²) in [4.78, 5) is 3.84. The van der Waals surface area contributed by atoms with Gasteiger partial charge in [-0.2, -0.15) is 13.2 Å². The molecule has 196 valence electrons. The second-order valence-electron chi connectivity index (χ2n) is 7.90. The van der Waals surface area contributed by atoms with E-state index in [0.717, 1.165) is 25.2 Å². The highest BCUT2D eigenvalue weighted by Gasteiger charge is 2.30. The molecule has 4 aromatic rings. The molecule has 0 atom stereocenters. The number of nitrogens with two attached hydrogens (primary N) is 1. The van der Waals surface area contributed by atoms with Crippen molar-refractivity contribution in [2.45, 2.75) is 40.0 Å². The molecule has 3 aromatic carbocycles. The number of aromatic nitrogens is 1. The Bertz CT molecular complexity index is 1220. The number of pyridine rings is 1. The van der Waals surface area contributed by atoms with Gasteiger partial charge < -0.3 is 16.5 Å². The summed E-state index contributed by atoms with van der Waals surface area (Å²) in [5.41, 5.74) is 9.55. The number of alkyl halides is 3. The predicted octanol–water partition coefficient (Wildman–Crippen LogP) is 7.97. The first kappa shape index (κ1) is 31.1. The Morgan fingerprint density at radius 1 is 0.919 bits per heavy atom. The van der Waals surface area contributed by atoms with E-state index in [1.807, 2.05) is 13.0 Å². The van der Waals surface area contributed by atoms with Crippen molar-refractivity contribution < 1.29 is 13.2 Å². The minimum Gasteiger partial charge on any atom is -0.398 e. The van der Waals surface area contributed by atoms with Gasteiger partial charge >= 0.3 is 6.18 Å². The molecule has 0 saturated heterocycles. The first-order valence-corrected chi connectivity index (χ1v) is 11.7. The van der Waals surface area contributed by atoms with Crippen molar-refractivity contribution in [1.82, 2.24) is 10.3 Å². The van der Waals surface area contributed by atoms with Gasteiger partial charge in [-0.05, 0) is 56.3 Å². The van der Waals surface area contributed by atoms with Crippen LogP contribution >= 0.6 is 0 Å². The lowest BCUT2D eigenvalue weighted by Crippen LogP contribution is -2.12. The Balaban J connectivity index is 0.000000306. The van der Waals surface area contributed by atoms with Gasteiger partial charge in [-0.25, -0.2) is 0 Å². The van der Waals surface area contributed by atoms with E-state index in [1.165, 1.54) is 35.2 Å². The molecule has 4 rings (SSSR count). The molecule has 4 N–H and O–H groups in total. The lowest BCUT2D eigenvalue weighted by Gasteiger charge is -2.07. The summed E-state index contributed by atoms with van der Waals surface area (Å²) in [5, 5.41) is 10.1. The van der Waals surface area contributed by atoms with Crippen molar-refractivity contribution in [1.29, 1.82) is 5.41 Å². The molecular weight excluding hydrogens is 473 g/mol. The highest BCUT2D eigenvalue weighted by Crippen LogP contribution is 2.31. The maximum absolute atomic E-state index is 12.4. The van der Waals surface area contributed by atoms with E-state index in [-0.39, 0.29) is 5.52 Å². The number of nitrogens with zero attached hydrogens (tertiary/aromatic N) is 1. The summed E-state index contributed by atoms with van der Waals surface area (Å²) in [6.07, 6.45) is 0.0400. The molecule has 0 fully saturated rings.